The fourth-order valence-electron chi connectivity index (χ4n) is 1.62. The van der Waals surface area contributed by atoms with Gasteiger partial charge in [0, 0.05) is 5.02 Å². The van der Waals surface area contributed by atoms with Gasteiger partial charge in [0.05, 0.1) is 10.7 Å². The van der Waals surface area contributed by atoms with Crippen LogP contribution in [-0.4, -0.2) is 12.0 Å². The van der Waals surface area contributed by atoms with Gasteiger partial charge in [0.15, 0.2) is 6.10 Å². The molecule has 0 bridgehead atoms. The highest BCUT2D eigenvalue weighted by molar-refractivity contribution is 6.33. The standard InChI is InChI=1S/C15H12Cl2FNO2/c1-9(21-12-4-2-3-10(16)7-12)15(20)19-14-6-5-11(18)8-13(14)17/h2-9H,1H3,(H,19,20)/t9-/m1/s1. The number of amides is 1. The fourth-order valence-corrected chi connectivity index (χ4v) is 2.02. The lowest BCUT2D eigenvalue weighted by Crippen LogP contribution is -2.30. The number of ether oxygens (including phenoxy) is 1. The van der Waals surface area contributed by atoms with Crippen molar-refractivity contribution in [2.24, 2.45) is 0 Å². The molecular formula is C15H12Cl2FNO2. The van der Waals surface area contributed by atoms with E-state index in [1.807, 2.05) is 0 Å². The largest absolute Gasteiger partial charge is 0.481 e. The van der Waals surface area contributed by atoms with Gasteiger partial charge in [0.1, 0.15) is 11.6 Å². The lowest BCUT2D eigenvalue weighted by atomic mass is 10.3. The van der Waals surface area contributed by atoms with E-state index in [1.54, 1.807) is 31.2 Å². The maximum absolute atomic E-state index is 12.9. The van der Waals surface area contributed by atoms with Crippen LogP contribution in [-0.2, 0) is 4.79 Å². The number of benzene rings is 2. The predicted octanol–water partition coefficient (Wildman–Crippen LogP) is 4.54. The molecule has 6 heteroatoms. The third kappa shape index (κ3) is 4.34. The molecule has 0 heterocycles. The second-order valence-electron chi connectivity index (χ2n) is 4.33. The van der Waals surface area contributed by atoms with Crippen LogP contribution in [0.15, 0.2) is 42.5 Å². The van der Waals surface area contributed by atoms with Crippen molar-refractivity contribution < 1.29 is 13.9 Å². The van der Waals surface area contributed by atoms with Crippen LogP contribution in [0, 0.1) is 5.82 Å². The number of halogens is 3. The summed E-state index contributed by atoms with van der Waals surface area (Å²) >= 11 is 11.7. The first-order valence-electron chi connectivity index (χ1n) is 6.14. The summed E-state index contributed by atoms with van der Waals surface area (Å²) in [6.07, 6.45) is -0.760. The molecule has 1 amide bonds. The van der Waals surface area contributed by atoms with Crippen molar-refractivity contribution in [1.82, 2.24) is 0 Å². The van der Waals surface area contributed by atoms with Crippen molar-refractivity contribution in [2.75, 3.05) is 5.32 Å². The molecule has 1 N–H and O–H groups in total. The lowest BCUT2D eigenvalue weighted by molar-refractivity contribution is -0.122. The number of hydrogen-bond donors (Lipinski definition) is 1. The van der Waals surface area contributed by atoms with E-state index in [0.29, 0.717) is 16.5 Å². The Morgan fingerprint density at radius 3 is 2.67 bits per heavy atom. The Labute approximate surface area is 131 Å². The Morgan fingerprint density at radius 2 is 2.00 bits per heavy atom. The molecule has 0 saturated carbocycles. The quantitative estimate of drug-likeness (QED) is 0.895. The Bertz CT molecular complexity index is 664. The highest BCUT2D eigenvalue weighted by atomic mass is 35.5. The topological polar surface area (TPSA) is 38.3 Å². The maximum Gasteiger partial charge on any atom is 0.265 e. The van der Waals surface area contributed by atoms with Crippen molar-refractivity contribution in [2.45, 2.75) is 13.0 Å². The Hall–Kier alpha value is -1.78. The molecule has 3 nitrogen and oxygen atoms in total. The summed E-state index contributed by atoms with van der Waals surface area (Å²) in [6.45, 7) is 1.59. The van der Waals surface area contributed by atoms with Crippen LogP contribution in [0.5, 0.6) is 5.75 Å². The highest BCUT2D eigenvalue weighted by Crippen LogP contribution is 2.23. The van der Waals surface area contributed by atoms with E-state index in [1.165, 1.54) is 12.1 Å². The number of carbonyl (C=O) groups excluding carboxylic acids is 1. The molecular weight excluding hydrogens is 316 g/mol. The van der Waals surface area contributed by atoms with Gasteiger partial charge in [-0.1, -0.05) is 29.3 Å². The minimum Gasteiger partial charge on any atom is -0.481 e. The van der Waals surface area contributed by atoms with Gasteiger partial charge in [0.2, 0.25) is 0 Å². The van der Waals surface area contributed by atoms with Crippen LogP contribution in [0.3, 0.4) is 0 Å². The third-order valence-corrected chi connectivity index (χ3v) is 3.21. The summed E-state index contributed by atoms with van der Waals surface area (Å²) in [7, 11) is 0. The lowest BCUT2D eigenvalue weighted by Gasteiger charge is -2.15. The van der Waals surface area contributed by atoms with Crippen molar-refractivity contribution in [3.63, 3.8) is 0 Å². The molecule has 0 fully saturated rings. The average Bonchev–Trinajstić information content (AvgIpc) is 2.41. The minimum absolute atomic E-state index is 0.123. The number of carbonyl (C=O) groups is 1. The van der Waals surface area contributed by atoms with Gasteiger partial charge in [-0.15, -0.1) is 0 Å². The van der Waals surface area contributed by atoms with E-state index in [4.69, 9.17) is 27.9 Å². The van der Waals surface area contributed by atoms with Gasteiger partial charge >= 0.3 is 0 Å². The van der Waals surface area contributed by atoms with E-state index in [0.717, 1.165) is 6.07 Å². The summed E-state index contributed by atoms with van der Waals surface area (Å²) in [5.41, 5.74) is 0.324. The first-order valence-corrected chi connectivity index (χ1v) is 6.89. The summed E-state index contributed by atoms with van der Waals surface area (Å²) < 4.78 is 18.4. The molecule has 0 spiro atoms. The number of hydrogen-bond acceptors (Lipinski definition) is 2. The van der Waals surface area contributed by atoms with Crippen LogP contribution >= 0.6 is 23.2 Å². The van der Waals surface area contributed by atoms with Gasteiger partial charge in [-0.05, 0) is 43.3 Å². The van der Waals surface area contributed by atoms with E-state index in [-0.39, 0.29) is 5.02 Å². The molecule has 0 radical (unpaired) electrons. The number of rotatable bonds is 4. The van der Waals surface area contributed by atoms with E-state index >= 15 is 0 Å². The molecule has 2 aromatic carbocycles. The Morgan fingerprint density at radius 1 is 1.24 bits per heavy atom. The molecule has 0 aliphatic carbocycles. The third-order valence-electron chi connectivity index (χ3n) is 2.67. The average molecular weight is 328 g/mol. The molecule has 0 unspecified atom stereocenters. The molecule has 110 valence electrons. The molecule has 2 rings (SSSR count). The molecule has 21 heavy (non-hydrogen) atoms. The molecule has 0 aromatic heterocycles. The second-order valence-corrected chi connectivity index (χ2v) is 5.17. The van der Waals surface area contributed by atoms with Crippen LogP contribution in [0.25, 0.3) is 0 Å². The van der Waals surface area contributed by atoms with E-state index in [9.17, 15) is 9.18 Å². The van der Waals surface area contributed by atoms with Gasteiger partial charge in [-0.3, -0.25) is 4.79 Å². The molecule has 0 saturated heterocycles. The first kappa shape index (κ1) is 15.6. The zero-order chi connectivity index (χ0) is 15.4. The Balaban J connectivity index is 2.02. The molecule has 1 atom stereocenters. The molecule has 2 aromatic rings. The van der Waals surface area contributed by atoms with Gasteiger partial charge < -0.3 is 10.1 Å². The number of anilines is 1. The SMILES string of the molecule is C[C@@H](Oc1cccc(Cl)c1)C(=O)Nc1ccc(F)cc1Cl. The molecule has 0 aliphatic heterocycles. The van der Waals surface area contributed by atoms with Crippen molar-refractivity contribution in [3.8, 4) is 5.75 Å². The van der Waals surface area contributed by atoms with Crippen LogP contribution in [0.2, 0.25) is 10.0 Å². The molecule has 0 aliphatic rings. The van der Waals surface area contributed by atoms with Crippen molar-refractivity contribution in [1.29, 1.82) is 0 Å². The zero-order valence-corrected chi connectivity index (χ0v) is 12.6. The predicted molar refractivity (Wildman–Crippen MR) is 81.6 cm³/mol. The van der Waals surface area contributed by atoms with Crippen LogP contribution in [0.1, 0.15) is 6.92 Å². The fraction of sp³-hybridized carbons (Fsp3) is 0.133. The van der Waals surface area contributed by atoms with Crippen LogP contribution < -0.4 is 10.1 Å². The summed E-state index contributed by atoms with van der Waals surface area (Å²) in [5, 5.41) is 3.22. The van der Waals surface area contributed by atoms with Crippen molar-refractivity contribution >= 4 is 34.8 Å². The highest BCUT2D eigenvalue weighted by Gasteiger charge is 2.16. The zero-order valence-electron chi connectivity index (χ0n) is 11.1. The second kappa shape index (κ2) is 6.78. The normalized spacial score (nSPS) is 11.8. The summed E-state index contributed by atoms with van der Waals surface area (Å²) in [5.74, 6) is -0.389. The van der Waals surface area contributed by atoms with Gasteiger partial charge in [0.25, 0.3) is 5.91 Å². The number of nitrogens with one attached hydrogen (secondary N) is 1. The first-order chi connectivity index (χ1) is 9.95. The smallest absolute Gasteiger partial charge is 0.265 e. The minimum atomic E-state index is -0.760. The monoisotopic (exact) mass is 327 g/mol. The van der Waals surface area contributed by atoms with Gasteiger partial charge in [-0.25, -0.2) is 4.39 Å². The van der Waals surface area contributed by atoms with Gasteiger partial charge in [-0.2, -0.15) is 0 Å². The Kier molecular flexibility index (Phi) is 5.04. The van der Waals surface area contributed by atoms with E-state index < -0.39 is 17.8 Å². The van der Waals surface area contributed by atoms with Crippen molar-refractivity contribution in [3.05, 3.63) is 58.3 Å². The summed E-state index contributed by atoms with van der Waals surface area (Å²) in [4.78, 5) is 12.0. The van der Waals surface area contributed by atoms with E-state index in [2.05, 4.69) is 5.32 Å². The van der Waals surface area contributed by atoms with Crippen LogP contribution in [0.4, 0.5) is 10.1 Å². The maximum atomic E-state index is 12.9. The summed E-state index contributed by atoms with van der Waals surface area (Å²) in [6, 6.07) is 10.5.